The average Bonchev–Trinajstić information content (AvgIpc) is 2.68. The van der Waals surface area contributed by atoms with Crippen LogP contribution in [0.4, 0.5) is 0 Å². The second-order valence-corrected chi connectivity index (χ2v) is 7.64. The maximum Gasteiger partial charge on any atom is 0.247 e. The summed E-state index contributed by atoms with van der Waals surface area (Å²) in [6.45, 7) is 0.895. The van der Waals surface area contributed by atoms with E-state index in [1.807, 2.05) is 12.1 Å². The van der Waals surface area contributed by atoms with Crippen molar-refractivity contribution in [3.63, 3.8) is 0 Å². The van der Waals surface area contributed by atoms with Crippen LogP contribution in [0.5, 0.6) is 0 Å². The van der Waals surface area contributed by atoms with Gasteiger partial charge in [-0.3, -0.25) is 9.78 Å². The third kappa shape index (κ3) is 4.12. The molecule has 25 heavy (non-hydrogen) atoms. The third-order valence-electron chi connectivity index (χ3n) is 4.02. The van der Waals surface area contributed by atoms with Crippen molar-refractivity contribution < 1.29 is 13.2 Å². The summed E-state index contributed by atoms with van der Waals surface area (Å²) in [5.41, 5.74) is 1.53. The molecular weight excluding hydrogens is 338 g/mol. The highest BCUT2D eigenvalue weighted by Gasteiger charge is 2.27. The summed E-state index contributed by atoms with van der Waals surface area (Å²) < 4.78 is 26.5. The number of hydrogen-bond donors (Lipinski definition) is 1. The first-order chi connectivity index (χ1) is 12.1. The van der Waals surface area contributed by atoms with Crippen LogP contribution in [0.2, 0.25) is 0 Å². The van der Waals surface area contributed by atoms with E-state index in [0.717, 1.165) is 5.56 Å². The molecule has 1 aliphatic heterocycles. The van der Waals surface area contributed by atoms with Gasteiger partial charge in [-0.2, -0.15) is 4.31 Å². The highest BCUT2D eigenvalue weighted by Crippen LogP contribution is 2.20. The Morgan fingerprint density at radius 1 is 1.16 bits per heavy atom. The fourth-order valence-electron chi connectivity index (χ4n) is 2.62. The Morgan fingerprint density at radius 3 is 2.60 bits per heavy atom. The molecular formula is C18H19N3O3S. The van der Waals surface area contributed by atoms with E-state index in [0.29, 0.717) is 25.1 Å². The molecule has 0 bridgehead atoms. The number of carbonyl (C=O) groups is 1. The number of carbonyl (C=O) groups excluding carboxylic acids is 1. The topological polar surface area (TPSA) is 79.4 Å². The molecule has 7 heteroatoms. The number of sulfonamides is 1. The molecule has 0 fully saturated rings. The zero-order valence-electron chi connectivity index (χ0n) is 13.6. The summed E-state index contributed by atoms with van der Waals surface area (Å²) in [6.07, 6.45) is 5.45. The Kier molecular flexibility index (Phi) is 5.25. The molecule has 1 amide bonds. The summed E-state index contributed by atoms with van der Waals surface area (Å²) in [5.74, 6) is -0.166. The fraction of sp³-hybridized carbons (Fsp3) is 0.222. The molecule has 0 saturated heterocycles. The third-order valence-corrected chi connectivity index (χ3v) is 5.90. The van der Waals surface area contributed by atoms with Gasteiger partial charge in [0.25, 0.3) is 0 Å². The van der Waals surface area contributed by atoms with Gasteiger partial charge in [0.05, 0.1) is 4.90 Å². The standard InChI is InChI=1S/C18H19N3O3S/c22-18(20-14-15-5-4-10-19-13-15)16-8-11-21(12-9-16)25(23,24)17-6-2-1-3-7-17/h1-8,10,13H,9,11-12,14H2,(H,20,22). The van der Waals surface area contributed by atoms with E-state index in [2.05, 4.69) is 10.3 Å². The maximum atomic E-state index is 12.6. The molecule has 0 saturated carbocycles. The van der Waals surface area contributed by atoms with Crippen molar-refractivity contribution >= 4 is 15.9 Å². The fourth-order valence-corrected chi connectivity index (χ4v) is 4.02. The minimum Gasteiger partial charge on any atom is -0.348 e. The van der Waals surface area contributed by atoms with Crippen LogP contribution < -0.4 is 5.32 Å². The molecule has 3 rings (SSSR count). The zero-order valence-corrected chi connectivity index (χ0v) is 14.4. The molecule has 0 unspecified atom stereocenters. The molecule has 0 radical (unpaired) electrons. The number of pyridine rings is 1. The van der Waals surface area contributed by atoms with Gasteiger partial charge in [0, 0.05) is 37.6 Å². The van der Waals surface area contributed by atoms with Crippen LogP contribution >= 0.6 is 0 Å². The molecule has 2 heterocycles. The molecule has 1 aliphatic rings. The van der Waals surface area contributed by atoms with Crippen LogP contribution in [0.15, 0.2) is 71.4 Å². The molecule has 6 nitrogen and oxygen atoms in total. The largest absolute Gasteiger partial charge is 0.348 e. The first-order valence-corrected chi connectivity index (χ1v) is 9.43. The maximum absolute atomic E-state index is 12.6. The van der Waals surface area contributed by atoms with Gasteiger partial charge in [-0.1, -0.05) is 30.3 Å². The Bertz CT molecular complexity index is 865. The van der Waals surface area contributed by atoms with Gasteiger partial charge in [-0.25, -0.2) is 8.42 Å². The lowest BCUT2D eigenvalue weighted by molar-refractivity contribution is -0.117. The Labute approximate surface area is 147 Å². The van der Waals surface area contributed by atoms with Crippen molar-refractivity contribution in [1.82, 2.24) is 14.6 Å². The number of nitrogens with one attached hydrogen (secondary N) is 1. The minimum absolute atomic E-state index is 0.166. The van der Waals surface area contributed by atoms with E-state index >= 15 is 0 Å². The quantitative estimate of drug-likeness (QED) is 0.884. The summed E-state index contributed by atoms with van der Waals surface area (Å²) in [4.78, 5) is 16.5. The Balaban J connectivity index is 1.61. The van der Waals surface area contributed by atoms with Crippen molar-refractivity contribution in [3.8, 4) is 0 Å². The van der Waals surface area contributed by atoms with Crippen LogP contribution in [0, 0.1) is 0 Å². The van der Waals surface area contributed by atoms with Crippen LogP contribution in [0.25, 0.3) is 0 Å². The molecule has 0 spiro atoms. The Hall–Kier alpha value is -2.51. The van der Waals surface area contributed by atoms with Crippen molar-refractivity contribution in [3.05, 3.63) is 72.1 Å². The normalized spacial score (nSPS) is 15.4. The zero-order chi connectivity index (χ0) is 17.7. The second kappa shape index (κ2) is 7.58. The molecule has 1 N–H and O–H groups in total. The van der Waals surface area contributed by atoms with Crippen molar-refractivity contribution in [1.29, 1.82) is 0 Å². The predicted molar refractivity (Wildman–Crippen MR) is 94.0 cm³/mol. The van der Waals surface area contributed by atoms with Gasteiger partial charge < -0.3 is 5.32 Å². The average molecular weight is 357 g/mol. The number of aromatic nitrogens is 1. The van der Waals surface area contributed by atoms with E-state index in [-0.39, 0.29) is 17.3 Å². The first kappa shape index (κ1) is 17.3. The van der Waals surface area contributed by atoms with Gasteiger partial charge in [-0.15, -0.1) is 0 Å². The monoisotopic (exact) mass is 357 g/mol. The lowest BCUT2D eigenvalue weighted by Gasteiger charge is -2.25. The van der Waals surface area contributed by atoms with Crippen LogP contribution in [-0.4, -0.2) is 36.7 Å². The van der Waals surface area contributed by atoms with Gasteiger partial charge in [0.15, 0.2) is 0 Å². The van der Waals surface area contributed by atoms with Crippen LogP contribution in [0.1, 0.15) is 12.0 Å². The first-order valence-electron chi connectivity index (χ1n) is 7.99. The lowest BCUT2D eigenvalue weighted by atomic mass is 10.1. The van der Waals surface area contributed by atoms with E-state index in [1.165, 1.54) is 4.31 Å². The SMILES string of the molecule is O=C(NCc1cccnc1)C1=CCN(S(=O)(=O)c2ccccc2)CC1. The van der Waals surface area contributed by atoms with Gasteiger partial charge in [0.1, 0.15) is 0 Å². The van der Waals surface area contributed by atoms with E-state index in [1.54, 1.807) is 48.8 Å². The Morgan fingerprint density at radius 2 is 1.96 bits per heavy atom. The molecule has 130 valence electrons. The molecule has 1 aromatic heterocycles. The smallest absolute Gasteiger partial charge is 0.247 e. The van der Waals surface area contributed by atoms with Crippen molar-refractivity contribution in [2.24, 2.45) is 0 Å². The minimum atomic E-state index is -3.52. The number of amides is 1. The second-order valence-electron chi connectivity index (χ2n) is 5.70. The number of benzene rings is 1. The summed E-state index contributed by atoms with van der Waals surface area (Å²) >= 11 is 0. The van der Waals surface area contributed by atoms with Crippen molar-refractivity contribution in [2.75, 3.05) is 13.1 Å². The van der Waals surface area contributed by atoms with E-state index < -0.39 is 10.0 Å². The number of rotatable bonds is 5. The molecule has 1 aromatic carbocycles. The van der Waals surface area contributed by atoms with Crippen LogP contribution in [0.3, 0.4) is 0 Å². The highest BCUT2D eigenvalue weighted by molar-refractivity contribution is 7.89. The molecule has 0 atom stereocenters. The molecule has 2 aromatic rings. The van der Waals surface area contributed by atoms with E-state index in [9.17, 15) is 13.2 Å². The highest BCUT2D eigenvalue weighted by atomic mass is 32.2. The molecule has 0 aliphatic carbocycles. The summed E-state index contributed by atoms with van der Waals surface area (Å²) in [6, 6.07) is 12.0. The number of nitrogens with zero attached hydrogens (tertiary/aromatic N) is 2. The van der Waals surface area contributed by atoms with Gasteiger partial charge >= 0.3 is 0 Å². The predicted octanol–water partition coefficient (Wildman–Crippen LogP) is 1.72. The van der Waals surface area contributed by atoms with Gasteiger partial charge in [-0.05, 0) is 30.2 Å². The van der Waals surface area contributed by atoms with Gasteiger partial charge in [0.2, 0.25) is 15.9 Å². The lowest BCUT2D eigenvalue weighted by Crippen LogP contribution is -2.37. The summed E-state index contributed by atoms with van der Waals surface area (Å²) in [7, 11) is -3.52. The van der Waals surface area contributed by atoms with E-state index in [4.69, 9.17) is 0 Å². The number of hydrogen-bond acceptors (Lipinski definition) is 4. The summed E-state index contributed by atoms with van der Waals surface area (Å²) in [5, 5.41) is 2.84. The van der Waals surface area contributed by atoms with Crippen LogP contribution in [-0.2, 0) is 21.4 Å². The van der Waals surface area contributed by atoms with Crippen molar-refractivity contribution in [2.45, 2.75) is 17.9 Å².